The molecule has 0 spiro atoms. The van der Waals surface area contributed by atoms with Gasteiger partial charge in [-0.05, 0) is 43.0 Å². The van der Waals surface area contributed by atoms with Gasteiger partial charge in [0.2, 0.25) is 11.8 Å². The molecule has 0 atom stereocenters. The lowest BCUT2D eigenvalue weighted by molar-refractivity contribution is -0.136. The minimum atomic E-state index is -0.0198. The maximum Gasteiger partial charge on any atom is 0.225 e. The number of hydrogen-bond donors (Lipinski definition) is 1. The van der Waals surface area contributed by atoms with Gasteiger partial charge in [0.15, 0.2) is 0 Å². The van der Waals surface area contributed by atoms with Crippen LogP contribution in [0.2, 0.25) is 0 Å². The molecule has 28 heavy (non-hydrogen) atoms. The third-order valence-electron chi connectivity index (χ3n) is 5.26. The number of ether oxygens (including phenoxy) is 1. The van der Waals surface area contributed by atoms with Gasteiger partial charge in [-0.25, -0.2) is 0 Å². The van der Waals surface area contributed by atoms with Gasteiger partial charge in [0, 0.05) is 25.6 Å². The number of hydrogen-bond acceptors (Lipinski definition) is 3. The molecule has 0 bridgehead atoms. The Morgan fingerprint density at radius 1 is 1.04 bits per heavy atom. The molecule has 1 aliphatic heterocycles. The zero-order valence-electron chi connectivity index (χ0n) is 16.4. The highest BCUT2D eigenvalue weighted by atomic mass is 16.5. The maximum absolute atomic E-state index is 12.5. The molecule has 5 nitrogen and oxygen atoms in total. The van der Waals surface area contributed by atoms with Crippen LogP contribution < -0.4 is 10.1 Å². The standard InChI is InChI=1S/C23H28N2O3/c1-18-7-5-6-8-20(18)17-24-23(27)19-11-14-25(15-12-19)22(26)13-16-28-21-9-3-2-4-10-21/h2-10,19H,11-17H2,1H3,(H,24,27). The van der Waals surface area contributed by atoms with Gasteiger partial charge in [-0.1, -0.05) is 42.5 Å². The molecule has 0 unspecified atom stereocenters. The normalized spacial score (nSPS) is 14.5. The summed E-state index contributed by atoms with van der Waals surface area (Å²) in [6.07, 6.45) is 1.79. The number of amides is 2. The van der Waals surface area contributed by atoms with Crippen LogP contribution in [0.5, 0.6) is 5.75 Å². The molecule has 1 fully saturated rings. The number of likely N-dealkylation sites (tertiary alicyclic amines) is 1. The van der Waals surface area contributed by atoms with Gasteiger partial charge in [0.25, 0.3) is 0 Å². The van der Waals surface area contributed by atoms with E-state index in [4.69, 9.17) is 4.74 Å². The van der Waals surface area contributed by atoms with E-state index in [1.807, 2.05) is 66.4 Å². The zero-order chi connectivity index (χ0) is 19.8. The summed E-state index contributed by atoms with van der Waals surface area (Å²) < 4.78 is 5.60. The van der Waals surface area contributed by atoms with Crippen molar-refractivity contribution in [2.75, 3.05) is 19.7 Å². The predicted octanol–water partition coefficient (Wildman–Crippen LogP) is 3.32. The molecule has 1 aliphatic rings. The Morgan fingerprint density at radius 3 is 2.43 bits per heavy atom. The van der Waals surface area contributed by atoms with Crippen molar-refractivity contribution in [1.82, 2.24) is 10.2 Å². The van der Waals surface area contributed by atoms with Crippen molar-refractivity contribution in [3.05, 3.63) is 65.7 Å². The lowest BCUT2D eigenvalue weighted by atomic mass is 9.95. The molecule has 1 saturated heterocycles. The molecule has 148 valence electrons. The summed E-state index contributed by atoms with van der Waals surface area (Å²) >= 11 is 0. The number of nitrogens with zero attached hydrogens (tertiary/aromatic N) is 1. The number of benzene rings is 2. The molecule has 1 N–H and O–H groups in total. The van der Waals surface area contributed by atoms with Gasteiger partial charge in [-0.3, -0.25) is 9.59 Å². The number of piperidine rings is 1. The van der Waals surface area contributed by atoms with Gasteiger partial charge >= 0.3 is 0 Å². The van der Waals surface area contributed by atoms with E-state index < -0.39 is 0 Å². The smallest absolute Gasteiger partial charge is 0.225 e. The second-order valence-corrected chi connectivity index (χ2v) is 7.21. The third-order valence-corrected chi connectivity index (χ3v) is 5.26. The summed E-state index contributed by atoms with van der Waals surface area (Å²) in [4.78, 5) is 26.7. The Bertz CT molecular complexity index is 783. The van der Waals surface area contributed by atoms with Crippen molar-refractivity contribution in [2.24, 2.45) is 5.92 Å². The summed E-state index contributed by atoms with van der Waals surface area (Å²) in [7, 11) is 0. The van der Waals surface area contributed by atoms with Crippen LogP contribution in [-0.2, 0) is 16.1 Å². The molecule has 2 amide bonds. The number of aryl methyl sites for hydroxylation is 1. The van der Waals surface area contributed by atoms with Crippen molar-refractivity contribution < 1.29 is 14.3 Å². The molecular formula is C23H28N2O3. The second kappa shape index (κ2) is 9.93. The number of carbonyl (C=O) groups excluding carboxylic acids is 2. The van der Waals surface area contributed by atoms with Gasteiger partial charge in [0.1, 0.15) is 5.75 Å². The van der Waals surface area contributed by atoms with Crippen molar-refractivity contribution >= 4 is 11.8 Å². The molecule has 0 aromatic heterocycles. The van der Waals surface area contributed by atoms with Crippen LogP contribution in [0.3, 0.4) is 0 Å². The van der Waals surface area contributed by atoms with Crippen LogP contribution in [0, 0.1) is 12.8 Å². The molecular weight excluding hydrogens is 352 g/mol. The van der Waals surface area contributed by atoms with Crippen LogP contribution in [0.4, 0.5) is 0 Å². The fraction of sp³-hybridized carbons (Fsp3) is 0.391. The van der Waals surface area contributed by atoms with Crippen LogP contribution in [0.15, 0.2) is 54.6 Å². The minimum absolute atomic E-state index is 0.0198. The Balaban J connectivity index is 1.37. The molecule has 1 heterocycles. The Labute approximate surface area is 166 Å². The fourth-order valence-corrected chi connectivity index (χ4v) is 3.46. The van der Waals surface area contributed by atoms with E-state index in [0.717, 1.165) is 11.3 Å². The third kappa shape index (κ3) is 5.59. The quantitative estimate of drug-likeness (QED) is 0.802. The van der Waals surface area contributed by atoms with Gasteiger partial charge in [-0.15, -0.1) is 0 Å². The highest BCUT2D eigenvalue weighted by Gasteiger charge is 2.27. The van der Waals surface area contributed by atoms with Crippen LogP contribution in [0.25, 0.3) is 0 Å². The minimum Gasteiger partial charge on any atom is -0.493 e. The monoisotopic (exact) mass is 380 g/mol. The van der Waals surface area contributed by atoms with Gasteiger partial charge in [0.05, 0.1) is 13.0 Å². The summed E-state index contributed by atoms with van der Waals surface area (Å²) in [6, 6.07) is 17.6. The highest BCUT2D eigenvalue weighted by Crippen LogP contribution is 2.19. The van der Waals surface area contributed by atoms with Crippen molar-refractivity contribution in [3.63, 3.8) is 0 Å². The first-order valence-electron chi connectivity index (χ1n) is 9.91. The zero-order valence-corrected chi connectivity index (χ0v) is 16.4. The first-order chi connectivity index (χ1) is 13.6. The Kier molecular flexibility index (Phi) is 7.06. The molecule has 0 radical (unpaired) electrons. The van der Waals surface area contributed by atoms with E-state index in [-0.39, 0.29) is 17.7 Å². The molecule has 5 heteroatoms. The molecule has 0 aliphatic carbocycles. The number of rotatable bonds is 7. The van der Waals surface area contributed by atoms with Crippen molar-refractivity contribution in [3.8, 4) is 5.75 Å². The van der Waals surface area contributed by atoms with Gasteiger partial charge in [-0.2, -0.15) is 0 Å². The molecule has 3 rings (SSSR count). The van der Waals surface area contributed by atoms with Gasteiger partial charge < -0.3 is 15.0 Å². The lowest BCUT2D eigenvalue weighted by Gasteiger charge is -2.31. The first kappa shape index (κ1) is 19.9. The van der Waals surface area contributed by atoms with Crippen molar-refractivity contribution in [2.45, 2.75) is 32.7 Å². The molecule has 0 saturated carbocycles. The Hall–Kier alpha value is -2.82. The largest absolute Gasteiger partial charge is 0.493 e. The topological polar surface area (TPSA) is 58.6 Å². The predicted molar refractivity (Wildman–Crippen MR) is 109 cm³/mol. The summed E-state index contributed by atoms with van der Waals surface area (Å²) in [6.45, 7) is 4.24. The SMILES string of the molecule is Cc1ccccc1CNC(=O)C1CCN(C(=O)CCOc2ccccc2)CC1. The van der Waals surface area contributed by atoms with Crippen LogP contribution in [-0.4, -0.2) is 36.4 Å². The maximum atomic E-state index is 12.5. The van der Waals surface area contributed by atoms with Crippen molar-refractivity contribution in [1.29, 1.82) is 0 Å². The summed E-state index contributed by atoms with van der Waals surface area (Å²) in [5.41, 5.74) is 2.32. The number of nitrogens with one attached hydrogen (secondary N) is 1. The van der Waals surface area contributed by atoms with Crippen LogP contribution >= 0.6 is 0 Å². The molecule has 2 aromatic carbocycles. The molecule has 2 aromatic rings. The van der Waals surface area contributed by atoms with E-state index >= 15 is 0 Å². The highest BCUT2D eigenvalue weighted by molar-refractivity contribution is 5.80. The van der Waals surface area contributed by atoms with Crippen LogP contribution in [0.1, 0.15) is 30.4 Å². The average Bonchev–Trinajstić information content (AvgIpc) is 2.74. The Morgan fingerprint density at radius 2 is 1.71 bits per heavy atom. The van der Waals surface area contributed by atoms with E-state index in [1.165, 1.54) is 5.56 Å². The fourth-order valence-electron chi connectivity index (χ4n) is 3.46. The number of para-hydroxylation sites is 1. The van der Waals surface area contributed by atoms with E-state index in [9.17, 15) is 9.59 Å². The first-order valence-corrected chi connectivity index (χ1v) is 9.91. The number of carbonyl (C=O) groups is 2. The summed E-state index contributed by atoms with van der Waals surface area (Å²) in [5.74, 6) is 0.936. The second-order valence-electron chi connectivity index (χ2n) is 7.21. The van der Waals surface area contributed by atoms with E-state index in [1.54, 1.807) is 0 Å². The van der Waals surface area contributed by atoms with E-state index in [0.29, 0.717) is 45.5 Å². The summed E-state index contributed by atoms with van der Waals surface area (Å²) in [5, 5.41) is 3.04. The lowest BCUT2D eigenvalue weighted by Crippen LogP contribution is -2.43. The average molecular weight is 380 g/mol. The van der Waals surface area contributed by atoms with E-state index in [2.05, 4.69) is 5.32 Å².